The zero-order valence-corrected chi connectivity index (χ0v) is 20.3. The molecule has 37 heavy (non-hydrogen) atoms. The van der Waals surface area contributed by atoms with Gasteiger partial charge in [-0.25, -0.2) is 0 Å². The standard InChI is InChI=1S/C29H21NO6S/c31-27(18-8-13-22-23(17-18)35-15-14-34-22)25-26(24-7-4-16-37-24)30(29(33)28(25)32)19-9-11-21(12-10-19)36-20-5-2-1-3-6-20/h1-13,16-17,26,31H,14-15H2/b27-25-. The number of fused-ring (bicyclic) bond motifs is 1. The number of carbonyl (C=O) groups is 2. The van der Waals surface area contributed by atoms with Gasteiger partial charge in [-0.3, -0.25) is 14.5 Å². The molecule has 1 N–H and O–H groups in total. The normalized spacial score (nSPS) is 18.2. The highest BCUT2D eigenvalue weighted by atomic mass is 32.1. The Morgan fingerprint density at radius 3 is 2.32 bits per heavy atom. The van der Waals surface area contributed by atoms with Crippen molar-refractivity contribution in [1.82, 2.24) is 0 Å². The molecule has 3 heterocycles. The third-order valence-electron chi connectivity index (χ3n) is 6.17. The molecule has 4 aromatic rings. The van der Waals surface area contributed by atoms with E-state index in [1.807, 2.05) is 47.8 Å². The number of carbonyl (C=O) groups excluding carboxylic acids is 2. The van der Waals surface area contributed by atoms with Crippen LogP contribution in [0.25, 0.3) is 5.76 Å². The second kappa shape index (κ2) is 9.48. The maximum Gasteiger partial charge on any atom is 0.300 e. The molecule has 8 heteroatoms. The van der Waals surface area contributed by atoms with Crippen LogP contribution in [0.5, 0.6) is 23.0 Å². The van der Waals surface area contributed by atoms with E-state index in [9.17, 15) is 14.7 Å². The maximum absolute atomic E-state index is 13.3. The lowest BCUT2D eigenvalue weighted by atomic mass is 9.99. The zero-order chi connectivity index (χ0) is 25.4. The number of hydrogen-bond donors (Lipinski definition) is 1. The first kappa shape index (κ1) is 22.9. The predicted molar refractivity (Wildman–Crippen MR) is 139 cm³/mol. The summed E-state index contributed by atoms with van der Waals surface area (Å²) < 4.78 is 17.1. The van der Waals surface area contributed by atoms with E-state index >= 15 is 0 Å². The monoisotopic (exact) mass is 511 g/mol. The molecule has 0 bridgehead atoms. The molecule has 1 amide bonds. The molecule has 0 spiro atoms. The molecule has 1 unspecified atom stereocenters. The Morgan fingerprint density at radius 1 is 0.865 bits per heavy atom. The van der Waals surface area contributed by atoms with E-state index in [1.54, 1.807) is 42.5 Å². The topological polar surface area (TPSA) is 85.3 Å². The van der Waals surface area contributed by atoms with Gasteiger partial charge in [-0.15, -0.1) is 11.3 Å². The van der Waals surface area contributed by atoms with E-state index in [4.69, 9.17) is 14.2 Å². The van der Waals surface area contributed by atoms with E-state index in [1.165, 1.54) is 16.2 Å². The van der Waals surface area contributed by atoms with Gasteiger partial charge in [0.1, 0.15) is 36.5 Å². The fraction of sp³-hybridized carbons (Fsp3) is 0.103. The second-order valence-corrected chi connectivity index (χ2v) is 9.43. The molecular weight excluding hydrogens is 490 g/mol. The minimum Gasteiger partial charge on any atom is -0.507 e. The van der Waals surface area contributed by atoms with Gasteiger partial charge in [-0.2, -0.15) is 0 Å². The van der Waals surface area contributed by atoms with E-state index in [2.05, 4.69) is 0 Å². The Bertz CT molecular complexity index is 1500. The molecule has 7 nitrogen and oxygen atoms in total. The number of hydrogen-bond acceptors (Lipinski definition) is 7. The van der Waals surface area contributed by atoms with E-state index < -0.39 is 17.7 Å². The van der Waals surface area contributed by atoms with Crippen LogP contribution in [0, 0.1) is 0 Å². The van der Waals surface area contributed by atoms with E-state index in [0.29, 0.717) is 47.5 Å². The Hall–Kier alpha value is -4.56. The summed E-state index contributed by atoms with van der Waals surface area (Å²) in [5.41, 5.74) is 0.909. The SMILES string of the molecule is O=C1C(=O)N(c2ccc(Oc3ccccc3)cc2)C(c2cccs2)/C1=C(/O)c1ccc2c(c1)OCCO2. The van der Waals surface area contributed by atoms with Gasteiger partial charge < -0.3 is 19.3 Å². The Morgan fingerprint density at radius 2 is 1.59 bits per heavy atom. The van der Waals surface area contributed by atoms with Crippen LogP contribution >= 0.6 is 11.3 Å². The lowest BCUT2D eigenvalue weighted by molar-refractivity contribution is -0.132. The number of ether oxygens (including phenoxy) is 3. The first-order valence-electron chi connectivity index (χ1n) is 11.7. The Labute approximate surface area is 216 Å². The van der Waals surface area contributed by atoms with Crippen molar-refractivity contribution in [2.45, 2.75) is 6.04 Å². The number of Topliss-reactive ketones (excluding diaryl/α,β-unsaturated/α-hetero) is 1. The smallest absolute Gasteiger partial charge is 0.300 e. The third kappa shape index (κ3) is 4.21. The third-order valence-corrected chi connectivity index (χ3v) is 7.09. The van der Waals surface area contributed by atoms with Crippen LogP contribution < -0.4 is 19.1 Å². The lowest BCUT2D eigenvalue weighted by Crippen LogP contribution is -2.29. The van der Waals surface area contributed by atoms with Crippen molar-refractivity contribution in [3.63, 3.8) is 0 Å². The first-order valence-corrected chi connectivity index (χ1v) is 12.6. The summed E-state index contributed by atoms with van der Waals surface area (Å²) >= 11 is 1.41. The van der Waals surface area contributed by atoms with Crippen LogP contribution in [0.15, 0.2) is 95.9 Å². The molecular formula is C29H21NO6S. The van der Waals surface area contributed by atoms with Crippen LogP contribution in [-0.2, 0) is 9.59 Å². The molecule has 3 aromatic carbocycles. The number of anilines is 1. The molecule has 184 valence electrons. The van der Waals surface area contributed by atoms with Gasteiger partial charge >= 0.3 is 0 Å². The van der Waals surface area contributed by atoms with E-state index in [0.717, 1.165) is 4.88 Å². The number of nitrogens with zero attached hydrogens (tertiary/aromatic N) is 1. The number of rotatable bonds is 5. The predicted octanol–water partition coefficient (Wildman–Crippen LogP) is 5.94. The van der Waals surface area contributed by atoms with Crippen molar-refractivity contribution in [1.29, 1.82) is 0 Å². The summed E-state index contributed by atoms with van der Waals surface area (Å²) in [6.45, 7) is 0.831. The van der Waals surface area contributed by atoms with Crippen LogP contribution in [-0.4, -0.2) is 30.0 Å². The minimum absolute atomic E-state index is 0.0220. The van der Waals surface area contributed by atoms with Crippen LogP contribution in [0.1, 0.15) is 16.5 Å². The summed E-state index contributed by atoms with van der Waals surface area (Å²) in [4.78, 5) is 28.8. The number of amides is 1. The van der Waals surface area contributed by atoms with Crippen molar-refractivity contribution < 1.29 is 28.9 Å². The van der Waals surface area contributed by atoms with Crippen LogP contribution in [0.3, 0.4) is 0 Å². The molecule has 1 aromatic heterocycles. The molecule has 1 fully saturated rings. The molecule has 6 rings (SSSR count). The van der Waals surface area contributed by atoms with Gasteiger partial charge in [0.05, 0.1) is 5.57 Å². The number of aliphatic hydroxyl groups is 1. The maximum atomic E-state index is 13.3. The summed E-state index contributed by atoms with van der Waals surface area (Å²) in [7, 11) is 0. The summed E-state index contributed by atoms with van der Waals surface area (Å²) in [5, 5.41) is 13.2. The first-order chi connectivity index (χ1) is 18.1. The summed E-state index contributed by atoms with van der Waals surface area (Å²) in [6.07, 6.45) is 0. The number of thiophene rings is 1. The van der Waals surface area contributed by atoms with Gasteiger partial charge in [0.2, 0.25) is 0 Å². The quantitative estimate of drug-likeness (QED) is 0.203. The number of benzene rings is 3. The Balaban J connectivity index is 1.39. The molecule has 1 atom stereocenters. The molecule has 0 aliphatic carbocycles. The minimum atomic E-state index is -0.783. The van der Waals surface area contributed by atoms with Crippen molar-refractivity contribution in [3.05, 3.63) is 106 Å². The highest BCUT2D eigenvalue weighted by Crippen LogP contribution is 2.44. The molecule has 0 radical (unpaired) electrons. The molecule has 1 saturated heterocycles. The fourth-order valence-corrected chi connectivity index (χ4v) is 5.28. The lowest BCUT2D eigenvalue weighted by Gasteiger charge is -2.24. The van der Waals surface area contributed by atoms with E-state index in [-0.39, 0.29) is 11.3 Å². The van der Waals surface area contributed by atoms with Gasteiger partial charge in [0.25, 0.3) is 11.7 Å². The van der Waals surface area contributed by atoms with Gasteiger partial charge in [0, 0.05) is 16.1 Å². The van der Waals surface area contributed by atoms with Crippen molar-refractivity contribution >= 4 is 34.5 Å². The summed E-state index contributed by atoms with van der Waals surface area (Å²) in [5.74, 6) is 0.594. The Kier molecular flexibility index (Phi) is 5.86. The molecule has 2 aliphatic heterocycles. The average molecular weight is 512 g/mol. The zero-order valence-electron chi connectivity index (χ0n) is 19.5. The highest BCUT2D eigenvalue weighted by Gasteiger charge is 2.47. The van der Waals surface area contributed by atoms with Crippen LogP contribution in [0.4, 0.5) is 5.69 Å². The fourth-order valence-electron chi connectivity index (χ4n) is 4.46. The van der Waals surface area contributed by atoms with Crippen LogP contribution in [0.2, 0.25) is 0 Å². The molecule has 2 aliphatic rings. The van der Waals surface area contributed by atoms with Gasteiger partial charge in [-0.05, 0) is 66.0 Å². The van der Waals surface area contributed by atoms with Crippen molar-refractivity contribution in [2.75, 3.05) is 18.1 Å². The number of para-hydroxylation sites is 1. The highest BCUT2D eigenvalue weighted by molar-refractivity contribution is 7.10. The molecule has 0 saturated carbocycles. The average Bonchev–Trinajstić information content (AvgIpc) is 3.56. The van der Waals surface area contributed by atoms with Crippen molar-refractivity contribution in [2.24, 2.45) is 0 Å². The number of ketones is 1. The summed E-state index contributed by atoms with van der Waals surface area (Å²) in [6, 6.07) is 24.2. The van der Waals surface area contributed by atoms with Gasteiger partial charge in [-0.1, -0.05) is 24.3 Å². The largest absolute Gasteiger partial charge is 0.507 e. The van der Waals surface area contributed by atoms with Gasteiger partial charge in [0.15, 0.2) is 11.5 Å². The number of aliphatic hydroxyl groups excluding tert-OH is 1. The second-order valence-electron chi connectivity index (χ2n) is 8.45. The van der Waals surface area contributed by atoms with Crippen molar-refractivity contribution in [3.8, 4) is 23.0 Å².